The molecule has 0 aromatic heterocycles. The molecular weight excluding hydrogens is 426 g/mol. The van der Waals surface area contributed by atoms with E-state index in [0.29, 0.717) is 21.6 Å². The Balaban J connectivity index is 2.44. The van der Waals surface area contributed by atoms with Gasteiger partial charge in [0.15, 0.2) is 0 Å². The van der Waals surface area contributed by atoms with E-state index in [1.165, 1.54) is 11.8 Å². The molecule has 7 heteroatoms. The molecule has 3 nitrogen and oxygen atoms in total. The van der Waals surface area contributed by atoms with Gasteiger partial charge in [-0.25, -0.2) is 0 Å². The highest BCUT2D eigenvalue weighted by Gasteiger charge is 2.23. The van der Waals surface area contributed by atoms with Crippen molar-refractivity contribution in [2.24, 2.45) is 0 Å². The van der Waals surface area contributed by atoms with Gasteiger partial charge < -0.3 is 10.1 Å². The van der Waals surface area contributed by atoms with Gasteiger partial charge in [0.2, 0.25) is 0 Å². The summed E-state index contributed by atoms with van der Waals surface area (Å²) >= 11 is 13.1. The molecule has 1 fully saturated rings. The van der Waals surface area contributed by atoms with Crippen molar-refractivity contribution in [2.45, 2.75) is 0 Å². The monoisotopic (exact) mass is 433 g/mol. The van der Waals surface area contributed by atoms with E-state index in [4.69, 9.17) is 17.0 Å². The lowest BCUT2D eigenvalue weighted by Gasteiger charge is -2.11. The smallest absolute Gasteiger partial charge is 0.263 e. The molecule has 1 aliphatic rings. The summed E-state index contributed by atoms with van der Waals surface area (Å²) in [7, 11) is 0. The van der Waals surface area contributed by atoms with Crippen molar-refractivity contribution in [3.8, 4) is 5.75 Å². The summed E-state index contributed by atoms with van der Waals surface area (Å²) in [6.45, 7) is 4.01. The zero-order valence-electron chi connectivity index (χ0n) is 10.1. The minimum Gasteiger partial charge on any atom is -0.488 e. The van der Waals surface area contributed by atoms with Crippen LogP contribution >= 0.6 is 55.8 Å². The Morgan fingerprint density at radius 1 is 1.45 bits per heavy atom. The SMILES string of the molecule is C=CCOc1c(Br)cc(Br)cc1/C=C1\SC(=S)NC1=O. The number of thiocarbonyl (C=S) groups is 1. The Morgan fingerprint density at radius 3 is 2.80 bits per heavy atom. The van der Waals surface area contributed by atoms with Crippen LogP contribution in [0.1, 0.15) is 5.56 Å². The van der Waals surface area contributed by atoms with Crippen LogP contribution < -0.4 is 10.1 Å². The van der Waals surface area contributed by atoms with Gasteiger partial charge in [0.05, 0.1) is 9.38 Å². The molecule has 0 aliphatic carbocycles. The molecule has 0 unspecified atom stereocenters. The molecule has 0 radical (unpaired) electrons. The third kappa shape index (κ3) is 3.72. The second kappa shape index (κ2) is 6.89. The highest BCUT2D eigenvalue weighted by Crippen LogP contribution is 2.36. The quantitative estimate of drug-likeness (QED) is 0.436. The van der Waals surface area contributed by atoms with Gasteiger partial charge in [-0.05, 0) is 34.1 Å². The first kappa shape index (κ1) is 15.8. The maximum Gasteiger partial charge on any atom is 0.263 e. The fourth-order valence-electron chi connectivity index (χ4n) is 1.54. The van der Waals surface area contributed by atoms with Crippen LogP contribution in [0.25, 0.3) is 6.08 Å². The molecule has 1 aromatic rings. The van der Waals surface area contributed by atoms with Gasteiger partial charge in [0.25, 0.3) is 5.91 Å². The lowest BCUT2D eigenvalue weighted by Crippen LogP contribution is -2.17. The largest absolute Gasteiger partial charge is 0.488 e. The highest BCUT2D eigenvalue weighted by atomic mass is 79.9. The van der Waals surface area contributed by atoms with Crippen LogP contribution in [0, 0.1) is 0 Å². The predicted molar refractivity (Wildman–Crippen MR) is 93.8 cm³/mol. The maximum atomic E-state index is 11.7. The van der Waals surface area contributed by atoms with Gasteiger partial charge in [0.1, 0.15) is 16.7 Å². The summed E-state index contributed by atoms with van der Waals surface area (Å²) in [5, 5.41) is 2.59. The average molecular weight is 435 g/mol. The molecule has 2 rings (SSSR count). The van der Waals surface area contributed by atoms with Crippen LogP contribution in [-0.2, 0) is 4.79 Å². The first-order chi connectivity index (χ1) is 9.51. The molecule has 0 bridgehead atoms. The fourth-order valence-corrected chi connectivity index (χ4v) is 3.95. The summed E-state index contributed by atoms with van der Waals surface area (Å²) in [4.78, 5) is 12.3. The Kier molecular flexibility index (Phi) is 5.42. The highest BCUT2D eigenvalue weighted by molar-refractivity contribution is 9.11. The molecular formula is C13H9Br2NO2S2. The lowest BCUT2D eigenvalue weighted by atomic mass is 10.2. The van der Waals surface area contributed by atoms with Crippen molar-refractivity contribution < 1.29 is 9.53 Å². The van der Waals surface area contributed by atoms with E-state index in [1.54, 1.807) is 12.2 Å². The van der Waals surface area contributed by atoms with E-state index >= 15 is 0 Å². The van der Waals surface area contributed by atoms with Crippen molar-refractivity contribution in [2.75, 3.05) is 6.61 Å². The molecule has 104 valence electrons. The minimum absolute atomic E-state index is 0.189. The van der Waals surface area contributed by atoms with E-state index in [9.17, 15) is 4.79 Å². The number of hydrogen-bond donors (Lipinski definition) is 1. The number of thioether (sulfide) groups is 1. The number of hydrogen-bond acceptors (Lipinski definition) is 4. The van der Waals surface area contributed by atoms with Crippen LogP contribution in [0.2, 0.25) is 0 Å². The molecule has 1 heterocycles. The third-order valence-corrected chi connectivity index (χ3v) is 4.52. The molecule has 1 N–H and O–H groups in total. The number of carbonyl (C=O) groups excluding carboxylic acids is 1. The zero-order valence-corrected chi connectivity index (χ0v) is 14.9. The van der Waals surface area contributed by atoms with Crippen LogP contribution in [0.4, 0.5) is 0 Å². The first-order valence-electron chi connectivity index (χ1n) is 5.49. The Hall–Kier alpha value is -0.630. The maximum absolute atomic E-state index is 11.7. The summed E-state index contributed by atoms with van der Waals surface area (Å²) < 4.78 is 7.78. The van der Waals surface area contributed by atoms with E-state index in [1.807, 2.05) is 12.1 Å². The zero-order chi connectivity index (χ0) is 14.7. The number of halogens is 2. The van der Waals surface area contributed by atoms with Crippen molar-refractivity contribution in [1.82, 2.24) is 5.32 Å². The molecule has 0 atom stereocenters. The topological polar surface area (TPSA) is 38.3 Å². The van der Waals surface area contributed by atoms with E-state index in [-0.39, 0.29) is 5.91 Å². The molecule has 20 heavy (non-hydrogen) atoms. The summed E-state index contributed by atoms with van der Waals surface area (Å²) in [6, 6.07) is 3.76. The predicted octanol–water partition coefficient (Wildman–Crippen LogP) is 4.27. The molecule has 1 saturated heterocycles. The van der Waals surface area contributed by atoms with Crippen LogP contribution in [0.5, 0.6) is 5.75 Å². The van der Waals surface area contributed by atoms with Gasteiger partial charge in [-0.15, -0.1) is 0 Å². The Labute approximate surface area is 143 Å². The van der Waals surface area contributed by atoms with Crippen molar-refractivity contribution in [1.29, 1.82) is 0 Å². The fraction of sp³-hybridized carbons (Fsp3) is 0.0769. The van der Waals surface area contributed by atoms with Gasteiger partial charge in [-0.3, -0.25) is 4.79 Å². The second-order valence-electron chi connectivity index (χ2n) is 3.76. The average Bonchev–Trinajstić information content (AvgIpc) is 2.66. The normalized spacial score (nSPS) is 16.4. The molecule has 1 aromatic carbocycles. The number of nitrogens with one attached hydrogen (secondary N) is 1. The van der Waals surface area contributed by atoms with Crippen molar-refractivity contribution >= 4 is 72.1 Å². The van der Waals surface area contributed by atoms with E-state index in [0.717, 1.165) is 14.5 Å². The summed E-state index contributed by atoms with van der Waals surface area (Å²) in [5.74, 6) is 0.470. The number of carbonyl (C=O) groups is 1. The second-order valence-corrected chi connectivity index (χ2v) is 7.25. The molecule has 0 saturated carbocycles. The molecule has 0 spiro atoms. The number of benzene rings is 1. The Bertz CT molecular complexity index is 629. The first-order valence-corrected chi connectivity index (χ1v) is 8.30. The van der Waals surface area contributed by atoms with E-state index in [2.05, 4.69) is 43.8 Å². The van der Waals surface area contributed by atoms with Crippen LogP contribution in [-0.4, -0.2) is 16.8 Å². The number of amides is 1. The van der Waals surface area contributed by atoms with Gasteiger partial charge in [-0.1, -0.05) is 52.6 Å². The summed E-state index contributed by atoms with van der Waals surface area (Å²) in [6.07, 6.45) is 3.42. The summed E-state index contributed by atoms with van der Waals surface area (Å²) in [5.41, 5.74) is 0.787. The van der Waals surface area contributed by atoms with Gasteiger partial charge >= 0.3 is 0 Å². The minimum atomic E-state index is -0.189. The molecule has 1 aliphatic heterocycles. The standard InChI is InChI=1S/C13H9Br2NO2S2/c1-2-3-18-11-7(4-8(14)6-9(11)15)5-10-12(17)16-13(19)20-10/h2,4-6H,1,3H2,(H,16,17,19)/b10-5-. The van der Waals surface area contributed by atoms with Gasteiger partial charge in [0, 0.05) is 10.0 Å². The number of ether oxygens (including phenoxy) is 1. The lowest BCUT2D eigenvalue weighted by molar-refractivity contribution is -0.115. The molecule has 1 amide bonds. The van der Waals surface area contributed by atoms with E-state index < -0.39 is 0 Å². The van der Waals surface area contributed by atoms with Crippen molar-refractivity contribution in [3.63, 3.8) is 0 Å². The van der Waals surface area contributed by atoms with Crippen molar-refractivity contribution in [3.05, 3.63) is 44.2 Å². The Morgan fingerprint density at radius 2 is 2.20 bits per heavy atom. The van der Waals surface area contributed by atoms with Crippen LogP contribution in [0.15, 0.2) is 38.6 Å². The third-order valence-electron chi connectivity index (χ3n) is 2.31. The van der Waals surface area contributed by atoms with Gasteiger partial charge in [-0.2, -0.15) is 0 Å². The van der Waals surface area contributed by atoms with Crippen LogP contribution in [0.3, 0.4) is 0 Å². The number of rotatable bonds is 4.